The first-order valence-corrected chi connectivity index (χ1v) is 8.13. The van der Waals surface area contributed by atoms with Gasteiger partial charge in [-0.1, -0.05) is 73.9 Å². The van der Waals surface area contributed by atoms with Crippen molar-refractivity contribution in [1.29, 1.82) is 0 Å². The average molecular weight is 294 g/mol. The molecular weight excluding hydrogens is 272 g/mol. The maximum Gasteiger partial charge on any atom is 0.195 e. The van der Waals surface area contributed by atoms with E-state index in [1.165, 1.54) is 37.7 Å². The Morgan fingerprint density at radius 1 is 0.909 bits per heavy atom. The van der Waals surface area contributed by atoms with Crippen LogP contribution in [0.25, 0.3) is 0 Å². The number of rotatable bonds is 4. The fourth-order valence-electron chi connectivity index (χ4n) is 3.30. The topological polar surface area (TPSA) is 37.3 Å². The summed E-state index contributed by atoms with van der Waals surface area (Å²) < 4.78 is 0. The number of Topliss-reactive ketones (excluding diaryl/α,β-unsaturated/α-hetero) is 1. The highest BCUT2D eigenvalue weighted by Gasteiger charge is 2.20. The average Bonchev–Trinajstić information content (AvgIpc) is 2.62. The molecule has 2 heteroatoms. The van der Waals surface area contributed by atoms with Gasteiger partial charge in [-0.25, -0.2) is 0 Å². The Balaban J connectivity index is 1.73. The van der Waals surface area contributed by atoms with E-state index in [2.05, 4.69) is 12.1 Å². The first-order valence-electron chi connectivity index (χ1n) is 8.13. The maximum atomic E-state index is 12.3. The Kier molecular flexibility index (Phi) is 4.69. The van der Waals surface area contributed by atoms with Crippen molar-refractivity contribution in [3.05, 3.63) is 71.3 Å². The van der Waals surface area contributed by atoms with Crippen LogP contribution in [0.4, 0.5) is 0 Å². The summed E-state index contributed by atoms with van der Waals surface area (Å²) in [6.07, 6.45) is 5.39. The van der Waals surface area contributed by atoms with E-state index in [1.54, 1.807) is 12.1 Å². The van der Waals surface area contributed by atoms with Gasteiger partial charge in [0.05, 0.1) is 0 Å². The van der Waals surface area contributed by atoms with Crippen molar-refractivity contribution >= 4 is 5.78 Å². The van der Waals surface area contributed by atoms with E-state index in [1.807, 2.05) is 30.3 Å². The van der Waals surface area contributed by atoms with Gasteiger partial charge in [-0.2, -0.15) is 0 Å². The van der Waals surface area contributed by atoms with E-state index in [0.29, 0.717) is 17.0 Å². The predicted molar refractivity (Wildman–Crippen MR) is 88.0 cm³/mol. The van der Waals surface area contributed by atoms with Crippen LogP contribution in [-0.2, 0) is 0 Å². The number of hydrogen-bond acceptors (Lipinski definition) is 2. The molecule has 1 atom stereocenters. The SMILES string of the molecule is O=C(c1ccccc1)C(O)c1ccc(C2CCCCC2)cc1. The molecule has 22 heavy (non-hydrogen) atoms. The Morgan fingerprint density at radius 3 is 2.18 bits per heavy atom. The largest absolute Gasteiger partial charge is 0.380 e. The van der Waals surface area contributed by atoms with Gasteiger partial charge in [0.1, 0.15) is 6.10 Å². The number of aliphatic hydroxyl groups excluding tert-OH is 1. The first-order chi connectivity index (χ1) is 10.8. The molecule has 2 aromatic rings. The van der Waals surface area contributed by atoms with Crippen LogP contribution in [0.3, 0.4) is 0 Å². The van der Waals surface area contributed by atoms with Crippen LogP contribution in [0, 0.1) is 0 Å². The summed E-state index contributed by atoms with van der Waals surface area (Å²) in [4.78, 5) is 12.3. The van der Waals surface area contributed by atoms with Crippen molar-refractivity contribution in [3.8, 4) is 0 Å². The highest BCUT2D eigenvalue weighted by Crippen LogP contribution is 2.33. The molecule has 0 radical (unpaired) electrons. The third kappa shape index (κ3) is 3.28. The van der Waals surface area contributed by atoms with E-state index in [0.717, 1.165) is 0 Å². The van der Waals surface area contributed by atoms with Gasteiger partial charge in [0, 0.05) is 5.56 Å². The van der Waals surface area contributed by atoms with Gasteiger partial charge >= 0.3 is 0 Å². The van der Waals surface area contributed by atoms with Gasteiger partial charge < -0.3 is 5.11 Å². The minimum Gasteiger partial charge on any atom is -0.380 e. The summed E-state index contributed by atoms with van der Waals surface area (Å²) in [7, 11) is 0. The molecule has 2 nitrogen and oxygen atoms in total. The summed E-state index contributed by atoms with van der Waals surface area (Å²) in [5.74, 6) is 0.399. The first kappa shape index (κ1) is 15.0. The molecule has 1 N–H and O–H groups in total. The van der Waals surface area contributed by atoms with Crippen molar-refractivity contribution in [2.75, 3.05) is 0 Å². The van der Waals surface area contributed by atoms with Crippen LogP contribution in [0.5, 0.6) is 0 Å². The van der Waals surface area contributed by atoms with Crippen LogP contribution in [0.1, 0.15) is 65.6 Å². The standard InChI is InChI=1S/C20H22O2/c21-19(17-9-5-2-6-10-17)20(22)18-13-11-16(12-14-18)15-7-3-1-4-8-15/h2,5-6,9-15,20,22H,1,3-4,7-8H2. The van der Waals surface area contributed by atoms with E-state index in [-0.39, 0.29) is 5.78 Å². The minimum absolute atomic E-state index is 0.244. The number of carbonyl (C=O) groups excluding carboxylic acids is 1. The normalized spacial score (nSPS) is 17.1. The van der Waals surface area contributed by atoms with Crippen molar-refractivity contribution in [1.82, 2.24) is 0 Å². The van der Waals surface area contributed by atoms with Crippen molar-refractivity contribution in [2.24, 2.45) is 0 Å². The van der Waals surface area contributed by atoms with Crippen LogP contribution >= 0.6 is 0 Å². The molecule has 1 fully saturated rings. The van der Waals surface area contributed by atoms with Gasteiger partial charge in [0.15, 0.2) is 5.78 Å². The predicted octanol–water partition coefficient (Wildman–Crippen LogP) is 4.65. The van der Waals surface area contributed by atoms with Gasteiger partial charge in [-0.3, -0.25) is 4.79 Å². The van der Waals surface area contributed by atoms with Gasteiger partial charge in [0.25, 0.3) is 0 Å². The molecule has 0 heterocycles. The molecule has 1 aliphatic carbocycles. The van der Waals surface area contributed by atoms with Gasteiger partial charge in [0.2, 0.25) is 0 Å². The minimum atomic E-state index is -1.08. The molecule has 3 rings (SSSR count). The van der Waals surface area contributed by atoms with E-state index in [4.69, 9.17) is 0 Å². The third-order valence-electron chi connectivity index (χ3n) is 4.64. The van der Waals surface area contributed by atoms with Gasteiger partial charge in [-0.15, -0.1) is 0 Å². The number of aliphatic hydroxyl groups is 1. The molecule has 1 saturated carbocycles. The Hall–Kier alpha value is -1.93. The summed E-state index contributed by atoms with van der Waals surface area (Å²) in [6.45, 7) is 0. The second-order valence-corrected chi connectivity index (χ2v) is 6.13. The van der Waals surface area contributed by atoms with Crippen LogP contribution in [0.2, 0.25) is 0 Å². The quantitative estimate of drug-likeness (QED) is 0.833. The van der Waals surface area contributed by atoms with Crippen molar-refractivity contribution < 1.29 is 9.90 Å². The molecule has 0 aromatic heterocycles. The Morgan fingerprint density at radius 2 is 1.55 bits per heavy atom. The summed E-state index contributed by atoms with van der Waals surface area (Å²) >= 11 is 0. The number of benzene rings is 2. The smallest absolute Gasteiger partial charge is 0.195 e. The number of ketones is 1. The zero-order chi connectivity index (χ0) is 15.4. The monoisotopic (exact) mass is 294 g/mol. The Labute approximate surface area is 131 Å². The third-order valence-corrected chi connectivity index (χ3v) is 4.64. The molecule has 2 aromatic carbocycles. The lowest BCUT2D eigenvalue weighted by atomic mass is 9.83. The number of hydrogen-bond donors (Lipinski definition) is 1. The lowest BCUT2D eigenvalue weighted by molar-refractivity contribution is 0.0747. The molecule has 1 unspecified atom stereocenters. The summed E-state index contributed by atoms with van der Waals surface area (Å²) in [5.41, 5.74) is 2.56. The fourth-order valence-corrected chi connectivity index (χ4v) is 3.30. The summed E-state index contributed by atoms with van der Waals surface area (Å²) in [6, 6.07) is 16.9. The van der Waals surface area contributed by atoms with Crippen LogP contribution < -0.4 is 0 Å². The molecule has 0 bridgehead atoms. The van der Waals surface area contributed by atoms with E-state index in [9.17, 15) is 9.90 Å². The molecule has 0 amide bonds. The molecule has 0 aliphatic heterocycles. The summed E-state index contributed by atoms with van der Waals surface area (Å²) in [5, 5.41) is 10.3. The zero-order valence-electron chi connectivity index (χ0n) is 12.7. The lowest BCUT2D eigenvalue weighted by Crippen LogP contribution is -2.12. The molecule has 0 saturated heterocycles. The molecule has 114 valence electrons. The highest BCUT2D eigenvalue weighted by molar-refractivity contribution is 5.99. The second kappa shape index (κ2) is 6.89. The number of carbonyl (C=O) groups is 1. The van der Waals surface area contributed by atoms with Crippen LogP contribution in [0.15, 0.2) is 54.6 Å². The van der Waals surface area contributed by atoms with Crippen molar-refractivity contribution in [2.45, 2.75) is 44.1 Å². The van der Waals surface area contributed by atoms with E-state index < -0.39 is 6.10 Å². The maximum absolute atomic E-state index is 12.3. The van der Waals surface area contributed by atoms with Gasteiger partial charge in [-0.05, 0) is 29.9 Å². The fraction of sp³-hybridized carbons (Fsp3) is 0.350. The molecule has 0 spiro atoms. The molecule has 1 aliphatic rings. The second-order valence-electron chi connectivity index (χ2n) is 6.13. The lowest BCUT2D eigenvalue weighted by Gasteiger charge is -2.22. The van der Waals surface area contributed by atoms with Crippen molar-refractivity contribution in [3.63, 3.8) is 0 Å². The zero-order valence-corrected chi connectivity index (χ0v) is 12.7. The Bertz CT molecular complexity index is 610. The van der Waals surface area contributed by atoms with E-state index >= 15 is 0 Å². The molecular formula is C20H22O2. The highest BCUT2D eigenvalue weighted by atomic mass is 16.3. The van der Waals surface area contributed by atoms with Crippen LogP contribution in [-0.4, -0.2) is 10.9 Å².